The summed E-state index contributed by atoms with van der Waals surface area (Å²) in [6.45, 7) is 10.6. The van der Waals surface area contributed by atoms with Gasteiger partial charge >= 0.3 is 0 Å². The van der Waals surface area contributed by atoms with Gasteiger partial charge < -0.3 is 4.74 Å². The lowest BCUT2D eigenvalue weighted by atomic mass is 9.96. The average molecular weight is 229 g/mol. The molecule has 2 heteroatoms. The summed E-state index contributed by atoms with van der Waals surface area (Å²) in [5.41, 5.74) is 4.96. The molecule has 0 unspecified atom stereocenters. The van der Waals surface area contributed by atoms with Crippen molar-refractivity contribution in [3.63, 3.8) is 0 Å². The SMILES string of the molecule is CCOc1cc(C)c(C(C#N)=C(C)C)cc1C. The Morgan fingerprint density at radius 3 is 2.35 bits per heavy atom. The second-order valence-corrected chi connectivity index (χ2v) is 4.35. The molecule has 2 nitrogen and oxygen atoms in total. The van der Waals surface area contributed by atoms with Gasteiger partial charge in [-0.25, -0.2) is 0 Å². The third-order valence-electron chi connectivity index (χ3n) is 2.70. The van der Waals surface area contributed by atoms with Gasteiger partial charge in [0.15, 0.2) is 0 Å². The van der Waals surface area contributed by atoms with Crippen molar-refractivity contribution in [3.05, 3.63) is 34.4 Å². The van der Waals surface area contributed by atoms with Gasteiger partial charge in [-0.3, -0.25) is 0 Å². The zero-order chi connectivity index (χ0) is 13.0. The van der Waals surface area contributed by atoms with Gasteiger partial charge in [0.1, 0.15) is 5.75 Å². The van der Waals surface area contributed by atoms with Crippen molar-refractivity contribution in [2.75, 3.05) is 6.61 Å². The Labute approximate surface area is 104 Å². The highest BCUT2D eigenvalue weighted by Gasteiger charge is 2.10. The van der Waals surface area contributed by atoms with Crippen LogP contribution >= 0.6 is 0 Å². The molecule has 0 aliphatic rings. The summed E-state index contributed by atoms with van der Waals surface area (Å²) in [5, 5.41) is 9.20. The summed E-state index contributed by atoms with van der Waals surface area (Å²) in [7, 11) is 0. The van der Waals surface area contributed by atoms with Gasteiger partial charge in [-0.1, -0.05) is 5.57 Å². The van der Waals surface area contributed by atoms with Crippen molar-refractivity contribution in [1.29, 1.82) is 5.26 Å². The monoisotopic (exact) mass is 229 g/mol. The summed E-state index contributed by atoms with van der Waals surface area (Å²) in [6, 6.07) is 6.32. The number of nitriles is 1. The van der Waals surface area contributed by atoms with E-state index in [0.717, 1.165) is 33.6 Å². The lowest BCUT2D eigenvalue weighted by Gasteiger charge is -2.12. The van der Waals surface area contributed by atoms with E-state index in [-0.39, 0.29) is 0 Å². The van der Waals surface area contributed by atoms with Gasteiger partial charge in [-0.2, -0.15) is 5.26 Å². The number of hydrogen-bond acceptors (Lipinski definition) is 2. The van der Waals surface area contributed by atoms with E-state index in [0.29, 0.717) is 6.61 Å². The summed E-state index contributed by atoms with van der Waals surface area (Å²) >= 11 is 0. The molecule has 0 saturated carbocycles. The molecule has 0 aromatic heterocycles. The molecule has 1 rings (SSSR count). The van der Waals surface area contributed by atoms with Gasteiger partial charge in [-0.05, 0) is 63.4 Å². The summed E-state index contributed by atoms with van der Waals surface area (Å²) in [4.78, 5) is 0. The molecule has 1 aromatic carbocycles. The molecule has 0 spiro atoms. The van der Waals surface area contributed by atoms with Gasteiger partial charge in [0.05, 0.1) is 18.2 Å². The maximum Gasteiger partial charge on any atom is 0.122 e. The Morgan fingerprint density at radius 2 is 1.88 bits per heavy atom. The Kier molecular flexibility index (Phi) is 4.34. The fraction of sp³-hybridized carbons (Fsp3) is 0.400. The Bertz CT molecular complexity index is 488. The smallest absolute Gasteiger partial charge is 0.122 e. The fourth-order valence-electron chi connectivity index (χ4n) is 1.81. The molecule has 0 aliphatic carbocycles. The van der Waals surface area contributed by atoms with Gasteiger partial charge in [-0.15, -0.1) is 0 Å². The molecule has 0 heterocycles. The van der Waals surface area contributed by atoms with Crippen LogP contribution < -0.4 is 4.74 Å². The second kappa shape index (κ2) is 5.54. The van der Waals surface area contributed by atoms with Crippen molar-refractivity contribution in [2.24, 2.45) is 0 Å². The van der Waals surface area contributed by atoms with Crippen LogP contribution in [-0.2, 0) is 0 Å². The predicted octanol–water partition coefficient (Wildman–Crippen LogP) is 4.02. The first-order chi connectivity index (χ1) is 8.01. The molecule has 90 valence electrons. The van der Waals surface area contributed by atoms with Crippen molar-refractivity contribution in [3.8, 4) is 11.8 Å². The van der Waals surface area contributed by atoms with E-state index in [1.54, 1.807) is 0 Å². The third kappa shape index (κ3) is 2.88. The van der Waals surface area contributed by atoms with Crippen LogP contribution in [0.4, 0.5) is 0 Å². The maximum absolute atomic E-state index is 9.20. The van der Waals surface area contributed by atoms with E-state index in [2.05, 4.69) is 6.07 Å². The van der Waals surface area contributed by atoms with Crippen molar-refractivity contribution >= 4 is 5.57 Å². The number of nitrogens with zero attached hydrogens (tertiary/aromatic N) is 1. The first kappa shape index (κ1) is 13.3. The van der Waals surface area contributed by atoms with Gasteiger partial charge in [0.25, 0.3) is 0 Å². The largest absolute Gasteiger partial charge is 0.494 e. The minimum absolute atomic E-state index is 0.660. The molecule has 0 saturated heterocycles. The van der Waals surface area contributed by atoms with Crippen molar-refractivity contribution < 1.29 is 4.74 Å². The topological polar surface area (TPSA) is 33.0 Å². The molecule has 0 radical (unpaired) electrons. The number of ether oxygens (including phenoxy) is 1. The third-order valence-corrected chi connectivity index (χ3v) is 2.70. The number of aryl methyl sites for hydroxylation is 2. The number of benzene rings is 1. The predicted molar refractivity (Wildman–Crippen MR) is 71.0 cm³/mol. The highest BCUT2D eigenvalue weighted by atomic mass is 16.5. The highest BCUT2D eigenvalue weighted by Crippen LogP contribution is 2.28. The molecule has 17 heavy (non-hydrogen) atoms. The zero-order valence-corrected chi connectivity index (χ0v) is 11.2. The quantitative estimate of drug-likeness (QED) is 0.733. The Morgan fingerprint density at radius 1 is 1.24 bits per heavy atom. The molecule has 0 aliphatic heterocycles. The molecular formula is C15H19NO. The van der Waals surface area contributed by atoms with E-state index in [4.69, 9.17) is 4.74 Å². The van der Waals surface area contributed by atoms with Gasteiger partial charge in [0.2, 0.25) is 0 Å². The standard InChI is InChI=1S/C15H19NO/c1-6-17-15-8-11(4)13(7-12(15)5)14(9-16)10(2)3/h7-8H,6H2,1-5H3. The molecule has 0 fully saturated rings. The van der Waals surface area contributed by atoms with Crippen LogP contribution in [0.2, 0.25) is 0 Å². The molecular weight excluding hydrogens is 210 g/mol. The lowest BCUT2D eigenvalue weighted by molar-refractivity contribution is 0.337. The van der Waals surface area contributed by atoms with Crippen LogP contribution in [0, 0.1) is 25.2 Å². The first-order valence-corrected chi connectivity index (χ1v) is 5.83. The molecule has 0 amide bonds. The first-order valence-electron chi connectivity index (χ1n) is 5.83. The summed E-state index contributed by atoms with van der Waals surface area (Å²) in [6.07, 6.45) is 0. The summed E-state index contributed by atoms with van der Waals surface area (Å²) in [5.74, 6) is 0.903. The number of rotatable bonds is 3. The lowest BCUT2D eigenvalue weighted by Crippen LogP contribution is -1.97. The molecule has 0 bridgehead atoms. The fourth-order valence-corrected chi connectivity index (χ4v) is 1.81. The normalized spacial score (nSPS) is 9.65. The Hall–Kier alpha value is -1.75. The summed E-state index contributed by atoms with van der Waals surface area (Å²) < 4.78 is 5.55. The van der Waals surface area contributed by atoms with E-state index < -0.39 is 0 Å². The zero-order valence-electron chi connectivity index (χ0n) is 11.2. The van der Waals surface area contributed by atoms with Crippen LogP contribution in [0.5, 0.6) is 5.75 Å². The van der Waals surface area contributed by atoms with Crippen LogP contribution in [0.3, 0.4) is 0 Å². The average Bonchev–Trinajstić information content (AvgIpc) is 2.25. The minimum Gasteiger partial charge on any atom is -0.494 e. The van der Waals surface area contributed by atoms with Crippen molar-refractivity contribution in [1.82, 2.24) is 0 Å². The molecule has 1 aromatic rings. The Balaban J connectivity index is 3.35. The van der Waals surface area contributed by atoms with Gasteiger partial charge in [0, 0.05) is 0 Å². The van der Waals surface area contributed by atoms with Crippen molar-refractivity contribution in [2.45, 2.75) is 34.6 Å². The maximum atomic E-state index is 9.20. The highest BCUT2D eigenvalue weighted by molar-refractivity contribution is 5.81. The van der Waals surface area contributed by atoms with E-state index in [9.17, 15) is 5.26 Å². The number of hydrogen-bond donors (Lipinski definition) is 0. The van der Waals surface area contributed by atoms with Crippen LogP contribution in [-0.4, -0.2) is 6.61 Å². The van der Waals surface area contributed by atoms with E-state index in [1.165, 1.54) is 0 Å². The van der Waals surface area contributed by atoms with E-state index >= 15 is 0 Å². The van der Waals surface area contributed by atoms with Crippen LogP contribution in [0.1, 0.15) is 37.5 Å². The van der Waals surface area contributed by atoms with Crippen LogP contribution in [0.15, 0.2) is 17.7 Å². The minimum atomic E-state index is 0.660. The van der Waals surface area contributed by atoms with E-state index in [1.807, 2.05) is 46.8 Å². The second-order valence-electron chi connectivity index (χ2n) is 4.35. The number of allylic oxidation sites excluding steroid dienone is 2. The molecule has 0 N–H and O–H groups in total. The molecule has 0 atom stereocenters. The van der Waals surface area contributed by atoms with Crippen LogP contribution in [0.25, 0.3) is 5.57 Å².